The number of nitrogens with one attached hydrogen (secondary N) is 1. The number of hydrogen-bond acceptors (Lipinski definition) is 7. The van der Waals surface area contributed by atoms with Gasteiger partial charge in [0, 0.05) is 12.5 Å². The van der Waals surface area contributed by atoms with Gasteiger partial charge in [-0.1, -0.05) is 11.3 Å². The average molecular weight is 380 g/mol. The number of carboxylic acids is 1. The van der Waals surface area contributed by atoms with Gasteiger partial charge in [-0.2, -0.15) is 0 Å². The summed E-state index contributed by atoms with van der Waals surface area (Å²) in [5, 5.41) is 18.4. The lowest BCUT2D eigenvalue weighted by Gasteiger charge is -2.14. The molecule has 1 fully saturated rings. The first-order valence-electron chi connectivity index (χ1n) is 7.44. The first-order valence-corrected chi connectivity index (χ1v) is 8.26. The van der Waals surface area contributed by atoms with Crippen molar-refractivity contribution in [3.63, 3.8) is 0 Å². The molecule has 2 amide bonds. The lowest BCUT2D eigenvalue weighted by atomic mass is 10.2. The molecule has 9 nitrogen and oxygen atoms in total. The normalized spacial score (nSPS) is 16.5. The van der Waals surface area contributed by atoms with Crippen LogP contribution in [0.15, 0.2) is 18.2 Å². The molecule has 2 N–H and O–H groups in total. The summed E-state index contributed by atoms with van der Waals surface area (Å²) in [7, 11) is 0. The Morgan fingerprint density at radius 2 is 2.23 bits per heavy atom. The van der Waals surface area contributed by atoms with Crippen LogP contribution in [0.4, 0.5) is 14.9 Å². The highest BCUT2D eigenvalue weighted by Crippen LogP contribution is 2.30. The van der Waals surface area contributed by atoms with E-state index in [0.29, 0.717) is 0 Å². The third kappa shape index (κ3) is 3.61. The molecule has 136 valence electrons. The van der Waals surface area contributed by atoms with E-state index in [9.17, 15) is 18.8 Å². The zero-order valence-electron chi connectivity index (χ0n) is 13.4. The molecule has 0 radical (unpaired) electrons. The van der Waals surface area contributed by atoms with Gasteiger partial charge in [0.15, 0.2) is 5.01 Å². The van der Waals surface area contributed by atoms with Gasteiger partial charge in [0.05, 0.1) is 18.8 Å². The number of carboxylic acid groups (broad SMARTS) is 1. The summed E-state index contributed by atoms with van der Waals surface area (Å²) in [6.45, 7) is 1.69. The number of aromatic nitrogens is 2. The number of rotatable bonds is 5. The van der Waals surface area contributed by atoms with Crippen LogP contribution in [0.2, 0.25) is 0 Å². The predicted molar refractivity (Wildman–Crippen MR) is 88.6 cm³/mol. The second-order valence-electron chi connectivity index (χ2n) is 5.44. The predicted octanol–water partition coefficient (Wildman–Crippen LogP) is 1.50. The van der Waals surface area contributed by atoms with E-state index in [1.54, 1.807) is 0 Å². The molecule has 1 aromatic carbocycles. The number of halogens is 1. The van der Waals surface area contributed by atoms with Crippen LogP contribution in [0.1, 0.15) is 16.7 Å². The maximum atomic E-state index is 14.4. The fraction of sp³-hybridized carbons (Fsp3) is 0.267. The quantitative estimate of drug-likeness (QED) is 0.806. The fourth-order valence-corrected chi connectivity index (χ4v) is 3.07. The molecule has 2 aromatic rings. The number of amides is 2. The Hall–Kier alpha value is -3.08. The van der Waals surface area contributed by atoms with Gasteiger partial charge in [0.2, 0.25) is 10.9 Å². The second kappa shape index (κ2) is 7.04. The van der Waals surface area contributed by atoms with Crippen LogP contribution in [-0.2, 0) is 9.53 Å². The molecule has 1 aliphatic heterocycles. The summed E-state index contributed by atoms with van der Waals surface area (Å²) in [4.78, 5) is 35.0. The van der Waals surface area contributed by atoms with E-state index < -0.39 is 24.0 Å². The molecule has 1 unspecified atom stereocenters. The van der Waals surface area contributed by atoms with Crippen molar-refractivity contribution in [2.75, 3.05) is 18.0 Å². The fourth-order valence-electron chi connectivity index (χ4n) is 2.36. The Morgan fingerprint density at radius 1 is 1.46 bits per heavy atom. The first-order chi connectivity index (χ1) is 12.3. The van der Waals surface area contributed by atoms with Crippen molar-refractivity contribution in [3.05, 3.63) is 29.0 Å². The molecular formula is C15H13FN4O5S. The molecule has 1 atom stereocenters. The number of carbonyl (C=O) groups excluding carboxylic acids is 2. The van der Waals surface area contributed by atoms with Gasteiger partial charge in [-0.25, -0.2) is 14.0 Å². The molecule has 2 heterocycles. The van der Waals surface area contributed by atoms with Crippen LogP contribution < -0.4 is 10.2 Å². The summed E-state index contributed by atoms with van der Waals surface area (Å²) in [5.74, 6) is -2.16. The minimum absolute atomic E-state index is 0.0844. The number of ether oxygens (including phenoxy) is 1. The van der Waals surface area contributed by atoms with Crippen molar-refractivity contribution in [1.29, 1.82) is 0 Å². The smallest absolute Gasteiger partial charge is 0.414 e. The van der Waals surface area contributed by atoms with Gasteiger partial charge in [0.25, 0.3) is 0 Å². The second-order valence-corrected chi connectivity index (χ2v) is 6.41. The maximum absolute atomic E-state index is 14.4. The number of anilines is 1. The Labute approximate surface area is 150 Å². The van der Waals surface area contributed by atoms with Gasteiger partial charge >= 0.3 is 12.1 Å². The van der Waals surface area contributed by atoms with Gasteiger partial charge < -0.3 is 15.2 Å². The molecule has 0 aliphatic carbocycles. The number of aromatic carboxylic acids is 1. The minimum atomic E-state index is -1.24. The Balaban J connectivity index is 1.77. The molecule has 1 saturated heterocycles. The van der Waals surface area contributed by atoms with E-state index in [1.807, 2.05) is 0 Å². The largest absolute Gasteiger partial charge is 0.476 e. The van der Waals surface area contributed by atoms with Crippen LogP contribution in [-0.4, -0.2) is 52.5 Å². The highest BCUT2D eigenvalue weighted by atomic mass is 32.1. The molecular weight excluding hydrogens is 367 g/mol. The lowest BCUT2D eigenvalue weighted by molar-refractivity contribution is -0.119. The number of cyclic esters (lactones) is 1. The molecule has 11 heteroatoms. The van der Waals surface area contributed by atoms with E-state index >= 15 is 0 Å². The Bertz CT molecular complexity index is 887. The summed E-state index contributed by atoms with van der Waals surface area (Å²) in [6, 6.07) is 4.03. The zero-order valence-corrected chi connectivity index (χ0v) is 14.2. The van der Waals surface area contributed by atoms with Crippen molar-refractivity contribution in [2.45, 2.75) is 13.0 Å². The standard InChI is InChI=1S/C15H13FN4O5S/c1-7(21)17-5-9-6-20(15(24)25-9)8-2-3-10(11(16)4-8)12-18-19-13(26-12)14(22)23/h2-4,9H,5-6H2,1H3,(H,17,21)(H,22,23). The number of nitrogens with zero attached hydrogens (tertiary/aromatic N) is 3. The van der Waals surface area contributed by atoms with Crippen LogP contribution in [0, 0.1) is 5.82 Å². The first kappa shape index (κ1) is 17.7. The third-order valence-electron chi connectivity index (χ3n) is 3.56. The van der Waals surface area contributed by atoms with Crippen LogP contribution >= 0.6 is 11.3 Å². The van der Waals surface area contributed by atoms with E-state index in [1.165, 1.54) is 24.0 Å². The Kier molecular flexibility index (Phi) is 4.80. The minimum Gasteiger partial charge on any atom is -0.476 e. The van der Waals surface area contributed by atoms with Crippen LogP contribution in [0.25, 0.3) is 10.6 Å². The number of benzene rings is 1. The molecule has 0 spiro atoms. The topological polar surface area (TPSA) is 122 Å². The van der Waals surface area contributed by atoms with Gasteiger partial charge in [-0.3, -0.25) is 9.69 Å². The number of hydrogen-bond donors (Lipinski definition) is 2. The summed E-state index contributed by atoms with van der Waals surface area (Å²) < 4.78 is 19.6. The number of carbonyl (C=O) groups is 3. The highest BCUT2D eigenvalue weighted by molar-refractivity contribution is 7.16. The average Bonchev–Trinajstić information content (AvgIpc) is 3.20. The summed E-state index contributed by atoms with van der Waals surface area (Å²) in [5.41, 5.74) is 0.366. The molecule has 1 aromatic heterocycles. The van der Waals surface area contributed by atoms with Crippen molar-refractivity contribution in [1.82, 2.24) is 15.5 Å². The van der Waals surface area contributed by atoms with Gasteiger partial charge in [-0.15, -0.1) is 10.2 Å². The SMILES string of the molecule is CC(=O)NCC1CN(c2ccc(-c3nnc(C(=O)O)s3)c(F)c2)C(=O)O1. The molecule has 0 saturated carbocycles. The van der Waals surface area contributed by atoms with Crippen molar-refractivity contribution in [2.24, 2.45) is 0 Å². The lowest BCUT2D eigenvalue weighted by Crippen LogP contribution is -2.33. The maximum Gasteiger partial charge on any atom is 0.414 e. The zero-order chi connectivity index (χ0) is 18.8. The van der Waals surface area contributed by atoms with E-state index in [-0.39, 0.29) is 40.3 Å². The van der Waals surface area contributed by atoms with E-state index in [0.717, 1.165) is 17.4 Å². The highest BCUT2D eigenvalue weighted by Gasteiger charge is 2.32. The summed E-state index contributed by atoms with van der Waals surface area (Å²) >= 11 is 0.749. The molecule has 0 bridgehead atoms. The van der Waals surface area contributed by atoms with E-state index in [4.69, 9.17) is 9.84 Å². The van der Waals surface area contributed by atoms with E-state index in [2.05, 4.69) is 15.5 Å². The van der Waals surface area contributed by atoms with Crippen molar-refractivity contribution in [3.8, 4) is 10.6 Å². The van der Waals surface area contributed by atoms with Crippen LogP contribution in [0.5, 0.6) is 0 Å². The molecule has 26 heavy (non-hydrogen) atoms. The Morgan fingerprint density at radius 3 is 2.85 bits per heavy atom. The molecule has 1 aliphatic rings. The van der Waals surface area contributed by atoms with Gasteiger partial charge in [0.1, 0.15) is 11.9 Å². The van der Waals surface area contributed by atoms with Gasteiger partial charge in [-0.05, 0) is 18.2 Å². The van der Waals surface area contributed by atoms with Crippen molar-refractivity contribution < 1.29 is 28.6 Å². The van der Waals surface area contributed by atoms with Crippen LogP contribution in [0.3, 0.4) is 0 Å². The monoisotopic (exact) mass is 380 g/mol. The van der Waals surface area contributed by atoms with Crippen molar-refractivity contribution >= 4 is 35.0 Å². The molecule has 3 rings (SSSR count). The third-order valence-corrected chi connectivity index (χ3v) is 4.50. The summed E-state index contributed by atoms with van der Waals surface area (Å²) in [6.07, 6.45) is -1.17.